The van der Waals surface area contributed by atoms with Crippen molar-refractivity contribution in [3.8, 4) is 0 Å². The quantitative estimate of drug-likeness (QED) is 0.591. The van der Waals surface area contributed by atoms with Crippen LogP contribution in [0.3, 0.4) is 0 Å². The van der Waals surface area contributed by atoms with Crippen LogP contribution < -0.4 is 0 Å². The van der Waals surface area contributed by atoms with E-state index in [2.05, 4.69) is 29.6 Å². The Bertz CT molecular complexity index is 349. The molecule has 0 spiro atoms. The molecule has 0 unspecified atom stereocenters. The Morgan fingerprint density at radius 1 is 1.44 bits per heavy atom. The van der Waals surface area contributed by atoms with Crippen LogP contribution in [0.4, 0.5) is 4.79 Å². The summed E-state index contributed by atoms with van der Waals surface area (Å²) in [6, 6.07) is 0. The zero-order chi connectivity index (χ0) is 12.0. The average Bonchev–Trinajstić information content (AvgIpc) is 2.68. The summed E-state index contributed by atoms with van der Waals surface area (Å²) >= 11 is 0. The van der Waals surface area contributed by atoms with E-state index in [1.54, 1.807) is 13.8 Å². The first-order chi connectivity index (χ1) is 7.59. The minimum atomic E-state index is -0.900. The highest BCUT2D eigenvalue weighted by molar-refractivity contribution is 5.86. The first-order valence-electron chi connectivity index (χ1n) is 4.46. The summed E-state index contributed by atoms with van der Waals surface area (Å²) in [6.07, 6.45) is -0.00362. The number of aromatic amines is 1. The van der Waals surface area contributed by atoms with Gasteiger partial charge in [0.2, 0.25) is 6.79 Å². The van der Waals surface area contributed by atoms with Crippen molar-refractivity contribution in [3.05, 3.63) is 11.9 Å². The monoisotopic (exact) mass is 229 g/mol. The van der Waals surface area contributed by atoms with Gasteiger partial charge in [-0.1, -0.05) is 0 Å². The number of hydrogen-bond donors (Lipinski definition) is 1. The van der Waals surface area contributed by atoms with Crippen molar-refractivity contribution in [3.63, 3.8) is 0 Å². The number of carbonyl (C=O) groups excluding carboxylic acids is 2. The molecule has 0 bridgehead atoms. The Balaban J connectivity index is 2.21. The van der Waals surface area contributed by atoms with Gasteiger partial charge in [0, 0.05) is 0 Å². The molecule has 88 valence electrons. The molecule has 0 saturated carbocycles. The Kier molecular flexibility index (Phi) is 4.25. The van der Waals surface area contributed by atoms with Crippen molar-refractivity contribution >= 4 is 12.1 Å². The molecule has 0 radical (unpaired) electrons. The summed E-state index contributed by atoms with van der Waals surface area (Å²) < 4.78 is 13.6. The van der Waals surface area contributed by atoms with Gasteiger partial charge >= 0.3 is 12.1 Å². The molecule has 0 aromatic carbocycles. The van der Waals surface area contributed by atoms with Gasteiger partial charge < -0.3 is 14.2 Å². The molecule has 0 aliphatic rings. The van der Waals surface area contributed by atoms with Crippen molar-refractivity contribution in [1.82, 2.24) is 15.4 Å². The second kappa shape index (κ2) is 5.69. The summed E-state index contributed by atoms with van der Waals surface area (Å²) in [5.41, 5.74) is 0.000766. The van der Waals surface area contributed by atoms with Crippen LogP contribution in [0.5, 0.6) is 0 Å². The fraction of sp³-hybridized carbons (Fsp3) is 0.500. The summed E-state index contributed by atoms with van der Waals surface area (Å²) in [5, 5.41) is 9.14. The molecule has 1 heterocycles. The van der Waals surface area contributed by atoms with Gasteiger partial charge in [0.1, 0.15) is 0 Å². The molecule has 0 fully saturated rings. The number of carbonyl (C=O) groups is 2. The maximum Gasteiger partial charge on any atom is 0.511 e. The normalized spacial score (nSPS) is 9.94. The van der Waals surface area contributed by atoms with Crippen molar-refractivity contribution in [2.75, 3.05) is 6.79 Å². The standard InChI is InChI=1S/C8H11N3O5/c1-5(2)16-8(13)15-4-14-7(12)6-3-9-11-10-6/h3,5H,4H2,1-2H3,(H,9,10,11). The maximum atomic E-state index is 11.1. The molecule has 0 aliphatic heterocycles. The van der Waals surface area contributed by atoms with Crippen LogP contribution in [0.25, 0.3) is 0 Å². The Labute approximate surface area is 90.9 Å². The van der Waals surface area contributed by atoms with E-state index in [-0.39, 0.29) is 11.8 Å². The van der Waals surface area contributed by atoms with Crippen molar-refractivity contribution in [2.24, 2.45) is 0 Å². The average molecular weight is 229 g/mol. The number of ether oxygens (including phenoxy) is 3. The van der Waals surface area contributed by atoms with Gasteiger partial charge in [-0.05, 0) is 13.8 Å². The van der Waals surface area contributed by atoms with E-state index in [0.717, 1.165) is 0 Å². The topological polar surface area (TPSA) is 103 Å². The van der Waals surface area contributed by atoms with Gasteiger partial charge in [-0.15, -0.1) is 5.10 Å². The molecule has 1 N–H and O–H groups in total. The van der Waals surface area contributed by atoms with Gasteiger partial charge in [0.05, 0.1) is 12.3 Å². The molecular formula is C8H11N3O5. The van der Waals surface area contributed by atoms with Gasteiger partial charge in [-0.2, -0.15) is 10.3 Å². The number of nitrogens with one attached hydrogen (secondary N) is 1. The molecule has 1 rings (SSSR count). The van der Waals surface area contributed by atoms with Crippen LogP contribution in [-0.4, -0.2) is 40.4 Å². The zero-order valence-corrected chi connectivity index (χ0v) is 8.80. The molecule has 0 atom stereocenters. The molecule has 0 saturated heterocycles. The Morgan fingerprint density at radius 2 is 2.19 bits per heavy atom. The fourth-order valence-electron chi connectivity index (χ4n) is 0.731. The molecule has 8 heteroatoms. The van der Waals surface area contributed by atoms with Gasteiger partial charge in [-0.3, -0.25) is 0 Å². The smallest absolute Gasteiger partial charge is 0.431 e. The first kappa shape index (κ1) is 12.0. The largest absolute Gasteiger partial charge is 0.511 e. The van der Waals surface area contributed by atoms with E-state index < -0.39 is 18.9 Å². The number of hydrogen-bond acceptors (Lipinski definition) is 7. The summed E-state index contributed by atoms with van der Waals surface area (Å²) in [5.74, 6) is -0.744. The minimum absolute atomic E-state index is 0.000766. The lowest BCUT2D eigenvalue weighted by atomic mass is 10.5. The molecule has 0 amide bonds. The SMILES string of the molecule is CC(C)OC(=O)OCOC(=O)c1cn[nH]n1. The van der Waals surface area contributed by atoms with Crippen LogP contribution in [0.2, 0.25) is 0 Å². The fourth-order valence-corrected chi connectivity index (χ4v) is 0.731. The highest BCUT2D eigenvalue weighted by atomic mass is 16.8. The molecule has 1 aromatic rings. The van der Waals surface area contributed by atoms with Crippen LogP contribution in [-0.2, 0) is 14.2 Å². The Hall–Kier alpha value is -2.12. The number of esters is 1. The molecular weight excluding hydrogens is 218 g/mol. The van der Waals surface area contributed by atoms with Gasteiger partial charge in [0.15, 0.2) is 5.69 Å². The third-order valence-corrected chi connectivity index (χ3v) is 1.32. The molecule has 1 aromatic heterocycles. The lowest BCUT2D eigenvalue weighted by Gasteiger charge is -2.08. The van der Waals surface area contributed by atoms with Gasteiger partial charge in [-0.25, -0.2) is 9.59 Å². The van der Waals surface area contributed by atoms with E-state index in [1.807, 2.05) is 0 Å². The first-order valence-corrected chi connectivity index (χ1v) is 4.46. The predicted octanol–water partition coefficient (Wildman–Crippen LogP) is 0.481. The van der Waals surface area contributed by atoms with Crippen molar-refractivity contribution in [2.45, 2.75) is 20.0 Å². The highest BCUT2D eigenvalue weighted by Crippen LogP contribution is 1.96. The van der Waals surface area contributed by atoms with E-state index in [0.29, 0.717) is 0 Å². The summed E-state index contributed by atoms with van der Waals surface area (Å²) in [7, 11) is 0. The van der Waals surface area contributed by atoms with E-state index >= 15 is 0 Å². The lowest BCUT2D eigenvalue weighted by Crippen LogP contribution is -2.17. The molecule has 16 heavy (non-hydrogen) atoms. The molecule has 0 aliphatic carbocycles. The third kappa shape index (κ3) is 3.95. The lowest BCUT2D eigenvalue weighted by molar-refractivity contribution is -0.0347. The third-order valence-electron chi connectivity index (χ3n) is 1.32. The van der Waals surface area contributed by atoms with Crippen molar-refractivity contribution < 1.29 is 23.8 Å². The van der Waals surface area contributed by atoms with E-state index in [9.17, 15) is 9.59 Å². The predicted molar refractivity (Wildman–Crippen MR) is 49.4 cm³/mol. The van der Waals surface area contributed by atoms with Crippen LogP contribution in [0.1, 0.15) is 24.3 Å². The number of nitrogens with zero attached hydrogens (tertiary/aromatic N) is 2. The number of H-pyrrole nitrogens is 1. The van der Waals surface area contributed by atoms with Crippen LogP contribution in [0.15, 0.2) is 6.20 Å². The van der Waals surface area contributed by atoms with Crippen LogP contribution in [0, 0.1) is 0 Å². The van der Waals surface area contributed by atoms with Gasteiger partial charge in [0.25, 0.3) is 0 Å². The highest BCUT2D eigenvalue weighted by Gasteiger charge is 2.12. The summed E-state index contributed by atoms with van der Waals surface area (Å²) in [4.78, 5) is 22.0. The molecule has 8 nitrogen and oxygen atoms in total. The Morgan fingerprint density at radius 3 is 2.75 bits per heavy atom. The van der Waals surface area contributed by atoms with Crippen molar-refractivity contribution in [1.29, 1.82) is 0 Å². The van der Waals surface area contributed by atoms with E-state index in [1.165, 1.54) is 6.20 Å². The van der Waals surface area contributed by atoms with E-state index in [4.69, 9.17) is 0 Å². The van der Waals surface area contributed by atoms with Crippen LogP contribution >= 0.6 is 0 Å². The zero-order valence-electron chi connectivity index (χ0n) is 8.80. The second-order valence-corrected chi connectivity index (χ2v) is 2.97. The second-order valence-electron chi connectivity index (χ2n) is 2.97. The minimum Gasteiger partial charge on any atom is -0.431 e. The number of rotatable bonds is 4. The summed E-state index contributed by atoms with van der Waals surface area (Å²) in [6.45, 7) is 2.81. The maximum absolute atomic E-state index is 11.1. The number of aromatic nitrogens is 3.